The summed E-state index contributed by atoms with van der Waals surface area (Å²) in [5.74, 6) is -0.174. The third-order valence-corrected chi connectivity index (χ3v) is 5.50. The molecule has 1 aliphatic carbocycles. The first-order valence-corrected chi connectivity index (χ1v) is 9.00. The van der Waals surface area contributed by atoms with Crippen LogP contribution in [0.15, 0.2) is 0 Å². The molecule has 1 saturated heterocycles. The first-order valence-electron chi connectivity index (χ1n) is 7.29. The highest BCUT2D eigenvalue weighted by Gasteiger charge is 2.45. The summed E-state index contributed by atoms with van der Waals surface area (Å²) in [6, 6.07) is 0. The van der Waals surface area contributed by atoms with Gasteiger partial charge in [0.2, 0.25) is 15.9 Å². The predicted octanol–water partition coefficient (Wildman–Crippen LogP) is 0.209. The van der Waals surface area contributed by atoms with E-state index in [9.17, 15) is 18.3 Å². The second-order valence-electron chi connectivity index (χ2n) is 6.16. The van der Waals surface area contributed by atoms with Gasteiger partial charge in [-0.1, -0.05) is 6.42 Å². The molecular formula is C13H24N2O4S. The Hall–Kier alpha value is -0.660. The fraction of sp³-hybridized carbons (Fsp3) is 0.923. The van der Waals surface area contributed by atoms with Crippen LogP contribution in [0.1, 0.15) is 44.9 Å². The number of nitrogens with zero attached hydrogens (tertiary/aromatic N) is 1. The van der Waals surface area contributed by atoms with Crippen molar-refractivity contribution in [2.45, 2.75) is 51.0 Å². The van der Waals surface area contributed by atoms with Crippen LogP contribution < -0.4 is 5.14 Å². The molecule has 20 heavy (non-hydrogen) atoms. The number of sulfonamides is 1. The fourth-order valence-electron chi connectivity index (χ4n) is 3.55. The van der Waals surface area contributed by atoms with Gasteiger partial charge in [0.15, 0.2) is 0 Å². The van der Waals surface area contributed by atoms with E-state index in [2.05, 4.69) is 0 Å². The number of carbonyl (C=O) groups is 1. The van der Waals surface area contributed by atoms with Gasteiger partial charge in [-0.15, -0.1) is 0 Å². The van der Waals surface area contributed by atoms with Crippen LogP contribution >= 0.6 is 0 Å². The van der Waals surface area contributed by atoms with Gasteiger partial charge < -0.3 is 10.0 Å². The average molecular weight is 304 g/mol. The standard InChI is InChI=1S/C13H24N2O4S/c14-20(18,19)9-2-5-12(17)15-8-3-7-13(10-15)6-1-4-11(13)16/h11,16H,1-10H2,(H2,14,18,19)/t11-,13-/m1/s1. The van der Waals surface area contributed by atoms with Crippen LogP contribution in [0.4, 0.5) is 0 Å². The van der Waals surface area contributed by atoms with E-state index in [-0.39, 0.29) is 36.0 Å². The van der Waals surface area contributed by atoms with Crippen LogP contribution in [-0.2, 0) is 14.8 Å². The van der Waals surface area contributed by atoms with Crippen molar-refractivity contribution in [1.29, 1.82) is 0 Å². The SMILES string of the molecule is NS(=O)(=O)CCCC(=O)N1CCC[C@]2(CCC[C@H]2O)C1. The summed E-state index contributed by atoms with van der Waals surface area (Å²) in [6.07, 6.45) is 4.90. The van der Waals surface area contributed by atoms with Crippen LogP contribution in [-0.4, -0.2) is 49.3 Å². The molecule has 2 aliphatic rings. The van der Waals surface area contributed by atoms with Crippen molar-refractivity contribution in [2.75, 3.05) is 18.8 Å². The van der Waals surface area contributed by atoms with Crippen LogP contribution in [0.25, 0.3) is 0 Å². The quantitative estimate of drug-likeness (QED) is 0.775. The summed E-state index contributed by atoms with van der Waals surface area (Å²) in [6.45, 7) is 1.32. The van der Waals surface area contributed by atoms with Crippen molar-refractivity contribution in [3.63, 3.8) is 0 Å². The zero-order chi connectivity index (χ0) is 14.8. The zero-order valence-electron chi connectivity index (χ0n) is 11.8. The van der Waals surface area contributed by atoms with E-state index in [1.807, 2.05) is 0 Å². The van der Waals surface area contributed by atoms with E-state index in [0.29, 0.717) is 13.1 Å². The molecule has 0 unspecified atom stereocenters. The van der Waals surface area contributed by atoms with Gasteiger partial charge in [0.25, 0.3) is 0 Å². The molecule has 0 radical (unpaired) electrons. The van der Waals surface area contributed by atoms with Gasteiger partial charge in [-0.2, -0.15) is 0 Å². The van der Waals surface area contributed by atoms with E-state index in [1.54, 1.807) is 4.90 Å². The van der Waals surface area contributed by atoms with E-state index in [4.69, 9.17) is 5.14 Å². The smallest absolute Gasteiger partial charge is 0.222 e. The summed E-state index contributed by atoms with van der Waals surface area (Å²) in [5, 5.41) is 15.1. The van der Waals surface area contributed by atoms with Crippen molar-refractivity contribution in [3.8, 4) is 0 Å². The highest BCUT2D eigenvalue weighted by Crippen LogP contribution is 2.45. The molecule has 1 saturated carbocycles. The van der Waals surface area contributed by atoms with Crippen molar-refractivity contribution < 1.29 is 18.3 Å². The molecular weight excluding hydrogens is 280 g/mol. The maximum absolute atomic E-state index is 12.1. The van der Waals surface area contributed by atoms with Gasteiger partial charge in [0, 0.05) is 24.9 Å². The Balaban J connectivity index is 1.87. The van der Waals surface area contributed by atoms with Gasteiger partial charge in [-0.05, 0) is 32.1 Å². The minimum Gasteiger partial charge on any atom is -0.392 e. The number of aliphatic hydroxyl groups excluding tert-OH is 1. The largest absolute Gasteiger partial charge is 0.392 e. The highest BCUT2D eigenvalue weighted by molar-refractivity contribution is 7.89. The molecule has 1 aliphatic heterocycles. The summed E-state index contributed by atoms with van der Waals surface area (Å²) >= 11 is 0. The zero-order valence-corrected chi connectivity index (χ0v) is 12.6. The molecule has 2 atom stereocenters. The monoisotopic (exact) mass is 304 g/mol. The molecule has 116 valence electrons. The molecule has 0 aromatic heterocycles. The number of carbonyl (C=O) groups excluding carboxylic acids is 1. The molecule has 1 heterocycles. The molecule has 6 nitrogen and oxygen atoms in total. The molecule has 2 fully saturated rings. The Labute approximate surface area is 120 Å². The number of rotatable bonds is 4. The lowest BCUT2D eigenvalue weighted by atomic mass is 9.76. The molecule has 0 aromatic carbocycles. The lowest BCUT2D eigenvalue weighted by molar-refractivity contribution is -0.136. The minimum atomic E-state index is -3.49. The van der Waals surface area contributed by atoms with Crippen molar-refractivity contribution in [2.24, 2.45) is 10.6 Å². The molecule has 1 spiro atoms. The lowest BCUT2D eigenvalue weighted by Gasteiger charge is -2.42. The van der Waals surface area contributed by atoms with Crippen LogP contribution in [0, 0.1) is 5.41 Å². The molecule has 2 rings (SSSR count). The number of hydrogen-bond donors (Lipinski definition) is 2. The van der Waals surface area contributed by atoms with Gasteiger partial charge in [-0.25, -0.2) is 13.6 Å². The number of piperidine rings is 1. The Morgan fingerprint density at radius 2 is 2.05 bits per heavy atom. The number of nitrogens with two attached hydrogens (primary N) is 1. The van der Waals surface area contributed by atoms with E-state index in [1.165, 1.54) is 0 Å². The van der Waals surface area contributed by atoms with Gasteiger partial charge in [0.1, 0.15) is 0 Å². The number of likely N-dealkylation sites (tertiary alicyclic amines) is 1. The predicted molar refractivity (Wildman–Crippen MR) is 75.3 cm³/mol. The first kappa shape index (κ1) is 15.7. The van der Waals surface area contributed by atoms with Crippen molar-refractivity contribution in [1.82, 2.24) is 4.90 Å². The van der Waals surface area contributed by atoms with Crippen LogP contribution in [0.2, 0.25) is 0 Å². The maximum Gasteiger partial charge on any atom is 0.222 e. The van der Waals surface area contributed by atoms with Crippen LogP contribution in [0.3, 0.4) is 0 Å². The number of aliphatic hydroxyl groups is 1. The lowest BCUT2D eigenvalue weighted by Crippen LogP contribution is -2.49. The first-order chi connectivity index (χ1) is 9.32. The normalized spacial score (nSPS) is 30.9. The second-order valence-corrected chi connectivity index (χ2v) is 7.89. The van der Waals surface area contributed by atoms with Gasteiger partial charge in [0.05, 0.1) is 11.9 Å². The summed E-state index contributed by atoms with van der Waals surface area (Å²) in [7, 11) is -3.49. The van der Waals surface area contributed by atoms with E-state index >= 15 is 0 Å². The van der Waals surface area contributed by atoms with Crippen molar-refractivity contribution in [3.05, 3.63) is 0 Å². The Kier molecular flexibility index (Phi) is 4.71. The van der Waals surface area contributed by atoms with Crippen molar-refractivity contribution >= 4 is 15.9 Å². The third kappa shape index (κ3) is 3.71. The molecule has 0 aromatic rings. The van der Waals surface area contributed by atoms with E-state index < -0.39 is 10.0 Å². The molecule has 7 heteroatoms. The second kappa shape index (κ2) is 5.99. The topological polar surface area (TPSA) is 101 Å². The van der Waals surface area contributed by atoms with Gasteiger partial charge >= 0.3 is 0 Å². The summed E-state index contributed by atoms with van der Waals surface area (Å²) in [4.78, 5) is 13.9. The minimum absolute atomic E-state index is 0.0215. The number of hydrogen-bond acceptors (Lipinski definition) is 4. The highest BCUT2D eigenvalue weighted by atomic mass is 32.2. The molecule has 3 N–H and O–H groups in total. The molecule has 0 bridgehead atoms. The fourth-order valence-corrected chi connectivity index (χ4v) is 4.10. The maximum atomic E-state index is 12.1. The van der Waals surface area contributed by atoms with Crippen LogP contribution in [0.5, 0.6) is 0 Å². The Morgan fingerprint density at radius 1 is 1.35 bits per heavy atom. The number of primary sulfonamides is 1. The molecule has 1 amide bonds. The van der Waals surface area contributed by atoms with Gasteiger partial charge in [-0.3, -0.25) is 4.79 Å². The Morgan fingerprint density at radius 3 is 2.65 bits per heavy atom. The third-order valence-electron chi connectivity index (χ3n) is 4.64. The van der Waals surface area contributed by atoms with E-state index in [0.717, 1.165) is 32.1 Å². The number of amides is 1. The summed E-state index contributed by atoms with van der Waals surface area (Å²) in [5.41, 5.74) is -0.117. The summed E-state index contributed by atoms with van der Waals surface area (Å²) < 4.78 is 21.7. The Bertz CT molecular complexity index is 465. The average Bonchev–Trinajstić information content (AvgIpc) is 2.69.